The summed E-state index contributed by atoms with van der Waals surface area (Å²) in [5, 5.41) is 2.88. The van der Waals surface area contributed by atoms with E-state index in [9.17, 15) is 9.59 Å². The molecule has 0 aliphatic carbocycles. The molecule has 2 rings (SSSR count). The zero-order chi connectivity index (χ0) is 17.0. The summed E-state index contributed by atoms with van der Waals surface area (Å²) in [7, 11) is 0. The largest absolute Gasteiger partial charge is 0.354 e. The molecule has 0 saturated heterocycles. The van der Waals surface area contributed by atoms with Gasteiger partial charge >= 0.3 is 0 Å². The van der Waals surface area contributed by atoms with Crippen LogP contribution in [0.4, 0.5) is 0 Å². The molecule has 0 saturated carbocycles. The molecule has 0 aliphatic rings. The van der Waals surface area contributed by atoms with E-state index in [-0.39, 0.29) is 23.6 Å². The minimum absolute atomic E-state index is 0.0140. The first-order valence-electron chi connectivity index (χ1n) is 7.95. The summed E-state index contributed by atoms with van der Waals surface area (Å²) in [5.74, 6) is -0.0140. The maximum Gasteiger partial charge on any atom is 0.251 e. The third kappa shape index (κ3) is 4.55. The Morgan fingerprint density at radius 3 is 2.26 bits per heavy atom. The van der Waals surface area contributed by atoms with Crippen LogP contribution in [0.1, 0.15) is 39.3 Å². The van der Waals surface area contributed by atoms with E-state index < -0.39 is 0 Å². The lowest BCUT2D eigenvalue weighted by molar-refractivity contribution is -0.119. The number of pyridine rings is 1. The summed E-state index contributed by atoms with van der Waals surface area (Å²) in [6, 6.07) is 12.0. The Morgan fingerprint density at radius 2 is 1.74 bits per heavy atom. The van der Waals surface area contributed by atoms with Crippen molar-refractivity contribution in [2.75, 3.05) is 0 Å². The molecule has 23 heavy (non-hydrogen) atoms. The van der Waals surface area contributed by atoms with Crippen LogP contribution in [0, 0.1) is 0 Å². The minimum atomic E-state index is -0.0140. The van der Waals surface area contributed by atoms with Gasteiger partial charge < -0.3 is 9.88 Å². The molecule has 4 nitrogen and oxygen atoms in total. The molecule has 1 aromatic heterocycles. The van der Waals surface area contributed by atoms with Crippen LogP contribution in [0.3, 0.4) is 0 Å². The normalized spacial score (nSPS) is 12.2. The first-order valence-corrected chi connectivity index (χ1v) is 7.95. The monoisotopic (exact) mass is 312 g/mol. The van der Waals surface area contributed by atoms with Crippen molar-refractivity contribution in [2.24, 2.45) is 0 Å². The van der Waals surface area contributed by atoms with Gasteiger partial charge in [0.1, 0.15) is 0 Å². The third-order valence-electron chi connectivity index (χ3n) is 3.78. The average molecular weight is 312 g/mol. The Morgan fingerprint density at radius 1 is 1.09 bits per heavy atom. The molecule has 0 fully saturated rings. The van der Waals surface area contributed by atoms with Gasteiger partial charge in [-0.05, 0) is 49.9 Å². The minimum Gasteiger partial charge on any atom is -0.354 e. The molecule has 0 aliphatic heterocycles. The predicted molar refractivity (Wildman–Crippen MR) is 93.5 cm³/mol. The summed E-state index contributed by atoms with van der Waals surface area (Å²) in [6.07, 6.45) is 2.63. The fourth-order valence-electron chi connectivity index (χ4n) is 2.68. The Kier molecular flexibility index (Phi) is 5.37. The van der Waals surface area contributed by atoms with Gasteiger partial charge in [-0.25, -0.2) is 0 Å². The van der Waals surface area contributed by atoms with Crippen LogP contribution in [0.15, 0.2) is 47.4 Å². The van der Waals surface area contributed by atoms with Crippen molar-refractivity contribution in [1.82, 2.24) is 9.88 Å². The van der Waals surface area contributed by atoms with Gasteiger partial charge in [0.2, 0.25) is 5.91 Å². The first kappa shape index (κ1) is 17.0. The molecule has 1 aromatic carbocycles. The van der Waals surface area contributed by atoms with E-state index in [1.165, 1.54) is 6.92 Å². The quantitative estimate of drug-likeness (QED) is 0.922. The fraction of sp³-hybridized carbons (Fsp3) is 0.368. The van der Waals surface area contributed by atoms with Crippen molar-refractivity contribution in [2.45, 2.75) is 46.2 Å². The molecule has 1 heterocycles. The summed E-state index contributed by atoms with van der Waals surface area (Å²) in [6.45, 7) is 7.50. The second-order valence-corrected chi connectivity index (χ2v) is 6.26. The Bertz CT molecular complexity index is 730. The summed E-state index contributed by atoms with van der Waals surface area (Å²) in [4.78, 5) is 23.1. The predicted octanol–water partition coefficient (Wildman–Crippen LogP) is 3.16. The molecule has 0 radical (unpaired) electrons. The van der Waals surface area contributed by atoms with E-state index in [1.807, 2.05) is 57.3 Å². The number of hydrogen-bond donors (Lipinski definition) is 1. The smallest absolute Gasteiger partial charge is 0.251 e. The van der Waals surface area contributed by atoms with E-state index in [0.717, 1.165) is 23.1 Å². The lowest BCUT2D eigenvalue weighted by atomic mass is 10.0. The number of amides is 1. The second-order valence-electron chi connectivity index (χ2n) is 6.26. The van der Waals surface area contributed by atoms with Gasteiger partial charge in [0.15, 0.2) is 0 Å². The SMILES string of the molecule is CC(=O)NC(C)Cc1ccc(-c2ccn(C(C)C)c(=O)c2)cc1. The van der Waals surface area contributed by atoms with Gasteiger partial charge in [0.05, 0.1) is 0 Å². The third-order valence-corrected chi connectivity index (χ3v) is 3.78. The van der Waals surface area contributed by atoms with Crippen LogP contribution in [-0.2, 0) is 11.2 Å². The Labute approximate surface area is 137 Å². The number of rotatable bonds is 5. The van der Waals surface area contributed by atoms with Gasteiger partial charge in [-0.1, -0.05) is 24.3 Å². The Balaban J connectivity index is 2.15. The van der Waals surface area contributed by atoms with E-state index in [0.29, 0.717) is 0 Å². The maximum absolute atomic E-state index is 12.1. The molecule has 1 N–H and O–H groups in total. The van der Waals surface area contributed by atoms with Crippen molar-refractivity contribution >= 4 is 5.91 Å². The molecule has 0 bridgehead atoms. The zero-order valence-corrected chi connectivity index (χ0v) is 14.2. The number of benzene rings is 1. The van der Waals surface area contributed by atoms with E-state index in [4.69, 9.17) is 0 Å². The van der Waals surface area contributed by atoms with Crippen molar-refractivity contribution in [3.05, 3.63) is 58.5 Å². The van der Waals surface area contributed by atoms with Crippen LogP contribution in [0.25, 0.3) is 11.1 Å². The Hall–Kier alpha value is -2.36. The zero-order valence-electron chi connectivity index (χ0n) is 14.2. The fourth-order valence-corrected chi connectivity index (χ4v) is 2.68. The number of nitrogens with zero attached hydrogens (tertiary/aromatic N) is 1. The van der Waals surface area contributed by atoms with Crippen molar-refractivity contribution in [3.8, 4) is 11.1 Å². The van der Waals surface area contributed by atoms with Gasteiger partial charge in [0.25, 0.3) is 5.56 Å². The highest BCUT2D eigenvalue weighted by molar-refractivity contribution is 5.73. The van der Waals surface area contributed by atoms with Crippen molar-refractivity contribution in [3.63, 3.8) is 0 Å². The molecule has 1 unspecified atom stereocenters. The number of nitrogens with one attached hydrogen (secondary N) is 1. The van der Waals surface area contributed by atoms with Gasteiger partial charge in [-0.15, -0.1) is 0 Å². The topological polar surface area (TPSA) is 51.1 Å². The van der Waals surface area contributed by atoms with E-state index >= 15 is 0 Å². The maximum atomic E-state index is 12.1. The van der Waals surface area contributed by atoms with Crippen LogP contribution < -0.4 is 10.9 Å². The molecule has 1 atom stereocenters. The molecule has 1 amide bonds. The average Bonchev–Trinajstić information content (AvgIpc) is 2.46. The van der Waals surface area contributed by atoms with Crippen LogP contribution in [0.5, 0.6) is 0 Å². The first-order chi connectivity index (χ1) is 10.9. The molecular weight excluding hydrogens is 288 g/mol. The van der Waals surface area contributed by atoms with Gasteiger partial charge in [-0.3, -0.25) is 9.59 Å². The molecule has 122 valence electrons. The molecule has 0 spiro atoms. The number of carbonyl (C=O) groups excluding carboxylic acids is 1. The van der Waals surface area contributed by atoms with Crippen molar-refractivity contribution < 1.29 is 4.79 Å². The molecular formula is C19H24N2O2. The lowest BCUT2D eigenvalue weighted by Crippen LogP contribution is -2.31. The summed E-state index contributed by atoms with van der Waals surface area (Å²) < 4.78 is 1.72. The van der Waals surface area contributed by atoms with Gasteiger partial charge in [0, 0.05) is 31.3 Å². The highest BCUT2D eigenvalue weighted by Crippen LogP contribution is 2.19. The number of aromatic nitrogens is 1. The van der Waals surface area contributed by atoms with Crippen molar-refractivity contribution in [1.29, 1.82) is 0 Å². The lowest BCUT2D eigenvalue weighted by Gasteiger charge is -2.13. The molecule has 4 heteroatoms. The standard InChI is InChI=1S/C19H24N2O2/c1-13(2)21-10-9-18(12-19(21)23)17-7-5-16(6-8-17)11-14(3)20-15(4)22/h5-10,12-14H,11H2,1-4H3,(H,20,22). The number of carbonyl (C=O) groups is 1. The highest BCUT2D eigenvalue weighted by atomic mass is 16.1. The van der Waals surface area contributed by atoms with E-state index in [1.54, 1.807) is 10.6 Å². The highest BCUT2D eigenvalue weighted by Gasteiger charge is 2.06. The molecule has 2 aromatic rings. The second kappa shape index (κ2) is 7.27. The summed E-state index contributed by atoms with van der Waals surface area (Å²) in [5.41, 5.74) is 3.12. The van der Waals surface area contributed by atoms with E-state index in [2.05, 4.69) is 5.32 Å². The number of hydrogen-bond acceptors (Lipinski definition) is 2. The summed E-state index contributed by atoms with van der Waals surface area (Å²) >= 11 is 0. The van der Waals surface area contributed by atoms with Crippen LogP contribution in [-0.4, -0.2) is 16.5 Å². The van der Waals surface area contributed by atoms with Crippen LogP contribution in [0.2, 0.25) is 0 Å². The van der Waals surface area contributed by atoms with Gasteiger partial charge in [-0.2, -0.15) is 0 Å². The van der Waals surface area contributed by atoms with Crippen LogP contribution >= 0.6 is 0 Å².